The largest absolute Gasteiger partial charge is 0.341 e. The topological polar surface area (TPSA) is 40.6 Å². The quantitative estimate of drug-likeness (QED) is 0.830. The SMILES string of the molecule is CCCCc1ccc(C(=O)N2CCCN(C(=O)C(C)C)CC2)cc1. The van der Waals surface area contributed by atoms with Gasteiger partial charge in [-0.05, 0) is 37.0 Å². The van der Waals surface area contributed by atoms with Crippen LogP contribution < -0.4 is 0 Å². The molecule has 1 saturated heterocycles. The predicted octanol–water partition coefficient (Wildman–Crippen LogP) is 3.36. The molecule has 1 aromatic rings. The molecule has 1 heterocycles. The van der Waals surface area contributed by atoms with E-state index >= 15 is 0 Å². The summed E-state index contributed by atoms with van der Waals surface area (Å²) in [6.45, 7) is 8.76. The van der Waals surface area contributed by atoms with Gasteiger partial charge in [0.05, 0.1) is 0 Å². The molecule has 24 heavy (non-hydrogen) atoms. The lowest BCUT2D eigenvalue weighted by molar-refractivity contribution is -0.134. The van der Waals surface area contributed by atoms with Crippen LogP contribution in [0.4, 0.5) is 0 Å². The van der Waals surface area contributed by atoms with E-state index in [1.165, 1.54) is 18.4 Å². The summed E-state index contributed by atoms with van der Waals surface area (Å²) in [5.74, 6) is 0.281. The summed E-state index contributed by atoms with van der Waals surface area (Å²) in [7, 11) is 0. The van der Waals surface area contributed by atoms with E-state index in [2.05, 4.69) is 19.1 Å². The van der Waals surface area contributed by atoms with Gasteiger partial charge in [-0.2, -0.15) is 0 Å². The van der Waals surface area contributed by atoms with Gasteiger partial charge in [-0.1, -0.05) is 39.3 Å². The molecular weight excluding hydrogens is 300 g/mol. The maximum absolute atomic E-state index is 12.7. The fraction of sp³-hybridized carbons (Fsp3) is 0.600. The van der Waals surface area contributed by atoms with E-state index in [9.17, 15) is 9.59 Å². The molecule has 0 unspecified atom stereocenters. The molecular formula is C20H30N2O2. The zero-order valence-corrected chi connectivity index (χ0v) is 15.3. The molecule has 0 aliphatic carbocycles. The van der Waals surface area contributed by atoms with E-state index in [1.54, 1.807) is 0 Å². The summed E-state index contributed by atoms with van der Waals surface area (Å²) in [5.41, 5.74) is 2.04. The van der Waals surface area contributed by atoms with E-state index < -0.39 is 0 Å². The van der Waals surface area contributed by atoms with E-state index in [0.29, 0.717) is 13.1 Å². The maximum atomic E-state index is 12.7. The molecule has 4 heteroatoms. The summed E-state index contributed by atoms with van der Waals surface area (Å²) < 4.78 is 0. The van der Waals surface area contributed by atoms with Crippen molar-refractivity contribution in [3.63, 3.8) is 0 Å². The van der Waals surface area contributed by atoms with Gasteiger partial charge in [0.1, 0.15) is 0 Å². The van der Waals surface area contributed by atoms with Crippen LogP contribution in [0, 0.1) is 5.92 Å². The van der Waals surface area contributed by atoms with Crippen molar-refractivity contribution in [1.29, 1.82) is 0 Å². The molecule has 0 spiro atoms. The molecule has 1 aliphatic rings. The molecule has 1 aliphatic heterocycles. The second-order valence-corrected chi connectivity index (χ2v) is 6.93. The molecule has 0 N–H and O–H groups in total. The van der Waals surface area contributed by atoms with Crippen molar-refractivity contribution in [2.45, 2.75) is 46.5 Å². The summed E-state index contributed by atoms with van der Waals surface area (Å²) >= 11 is 0. The van der Waals surface area contributed by atoms with Crippen LogP contribution in [0.25, 0.3) is 0 Å². The lowest BCUT2D eigenvalue weighted by Crippen LogP contribution is -2.38. The second-order valence-electron chi connectivity index (χ2n) is 6.93. The Morgan fingerprint density at radius 2 is 1.62 bits per heavy atom. The highest BCUT2D eigenvalue weighted by Crippen LogP contribution is 2.13. The minimum absolute atomic E-state index is 0.0166. The summed E-state index contributed by atoms with van der Waals surface area (Å²) in [6, 6.07) is 8.01. The van der Waals surface area contributed by atoms with Crippen LogP contribution in [-0.4, -0.2) is 47.8 Å². The van der Waals surface area contributed by atoms with Crippen molar-refractivity contribution in [3.8, 4) is 0 Å². The average molecular weight is 330 g/mol. The van der Waals surface area contributed by atoms with Crippen LogP contribution in [0.5, 0.6) is 0 Å². The highest BCUT2D eigenvalue weighted by atomic mass is 16.2. The number of carbonyl (C=O) groups is 2. The van der Waals surface area contributed by atoms with E-state index in [1.807, 2.05) is 35.8 Å². The van der Waals surface area contributed by atoms with E-state index in [-0.39, 0.29) is 17.7 Å². The van der Waals surface area contributed by atoms with Gasteiger partial charge in [0.15, 0.2) is 0 Å². The number of unbranched alkanes of at least 4 members (excludes halogenated alkanes) is 1. The van der Waals surface area contributed by atoms with Crippen LogP contribution in [0.2, 0.25) is 0 Å². The second kappa shape index (κ2) is 8.86. The number of hydrogen-bond donors (Lipinski definition) is 0. The molecule has 0 aromatic heterocycles. The van der Waals surface area contributed by atoms with E-state index in [0.717, 1.165) is 31.5 Å². The molecule has 2 rings (SSSR count). The fourth-order valence-corrected chi connectivity index (χ4v) is 3.08. The van der Waals surface area contributed by atoms with Crippen molar-refractivity contribution in [2.75, 3.05) is 26.2 Å². The van der Waals surface area contributed by atoms with Gasteiger partial charge in [-0.3, -0.25) is 9.59 Å². The minimum Gasteiger partial charge on any atom is -0.341 e. The normalized spacial score (nSPS) is 15.5. The molecule has 0 saturated carbocycles. The Labute approximate surface area is 145 Å². The Kier molecular flexibility index (Phi) is 6.83. The Balaban J connectivity index is 1.96. The monoisotopic (exact) mass is 330 g/mol. The third kappa shape index (κ3) is 4.83. The third-order valence-electron chi connectivity index (χ3n) is 4.61. The summed E-state index contributed by atoms with van der Waals surface area (Å²) in [6.07, 6.45) is 4.28. The number of carbonyl (C=O) groups excluding carboxylic acids is 2. The molecule has 0 atom stereocenters. The summed E-state index contributed by atoms with van der Waals surface area (Å²) in [5, 5.41) is 0. The third-order valence-corrected chi connectivity index (χ3v) is 4.61. The molecule has 1 aromatic carbocycles. The number of amides is 2. The Bertz CT molecular complexity index is 551. The number of nitrogens with zero attached hydrogens (tertiary/aromatic N) is 2. The number of benzene rings is 1. The lowest BCUT2D eigenvalue weighted by atomic mass is 10.1. The molecule has 2 amide bonds. The van der Waals surface area contributed by atoms with E-state index in [4.69, 9.17) is 0 Å². The first-order chi connectivity index (χ1) is 11.5. The van der Waals surface area contributed by atoms with Gasteiger partial charge in [-0.25, -0.2) is 0 Å². The van der Waals surface area contributed by atoms with Crippen molar-refractivity contribution in [1.82, 2.24) is 9.80 Å². The smallest absolute Gasteiger partial charge is 0.253 e. The van der Waals surface area contributed by atoms with Gasteiger partial charge in [0, 0.05) is 37.7 Å². The Morgan fingerprint density at radius 3 is 2.25 bits per heavy atom. The van der Waals surface area contributed by atoms with Gasteiger partial charge in [0.2, 0.25) is 5.91 Å². The number of rotatable bonds is 5. The molecule has 4 nitrogen and oxygen atoms in total. The number of hydrogen-bond acceptors (Lipinski definition) is 2. The van der Waals surface area contributed by atoms with Gasteiger partial charge >= 0.3 is 0 Å². The fourth-order valence-electron chi connectivity index (χ4n) is 3.08. The molecule has 132 valence electrons. The highest BCUT2D eigenvalue weighted by Gasteiger charge is 2.23. The van der Waals surface area contributed by atoms with Crippen molar-refractivity contribution in [2.24, 2.45) is 5.92 Å². The van der Waals surface area contributed by atoms with Crippen LogP contribution in [0.3, 0.4) is 0 Å². The summed E-state index contributed by atoms with van der Waals surface area (Å²) in [4.78, 5) is 28.6. The number of aryl methyl sites for hydroxylation is 1. The van der Waals surface area contributed by atoms with Crippen LogP contribution in [-0.2, 0) is 11.2 Å². The van der Waals surface area contributed by atoms with Crippen molar-refractivity contribution in [3.05, 3.63) is 35.4 Å². The van der Waals surface area contributed by atoms with Crippen LogP contribution in [0.15, 0.2) is 24.3 Å². The zero-order chi connectivity index (χ0) is 17.5. The first-order valence-electron chi connectivity index (χ1n) is 9.20. The average Bonchev–Trinajstić information content (AvgIpc) is 2.85. The molecule has 0 radical (unpaired) electrons. The van der Waals surface area contributed by atoms with Gasteiger partial charge in [-0.15, -0.1) is 0 Å². The zero-order valence-electron chi connectivity index (χ0n) is 15.3. The van der Waals surface area contributed by atoms with Crippen molar-refractivity contribution >= 4 is 11.8 Å². The molecule has 0 bridgehead atoms. The highest BCUT2D eigenvalue weighted by molar-refractivity contribution is 5.94. The van der Waals surface area contributed by atoms with Gasteiger partial charge in [0.25, 0.3) is 5.91 Å². The van der Waals surface area contributed by atoms with Crippen molar-refractivity contribution < 1.29 is 9.59 Å². The Morgan fingerprint density at radius 1 is 1.00 bits per heavy atom. The lowest BCUT2D eigenvalue weighted by Gasteiger charge is -2.23. The van der Waals surface area contributed by atoms with Gasteiger partial charge < -0.3 is 9.80 Å². The minimum atomic E-state index is 0.0166. The first kappa shape index (κ1) is 18.5. The van der Waals surface area contributed by atoms with Crippen LogP contribution in [0.1, 0.15) is 56.0 Å². The molecule has 1 fully saturated rings. The standard InChI is InChI=1S/C20H30N2O2/c1-4-5-7-17-8-10-18(11-9-17)20(24)22-13-6-12-21(14-15-22)19(23)16(2)3/h8-11,16H,4-7,12-15H2,1-3H3. The predicted molar refractivity (Wildman–Crippen MR) is 97.0 cm³/mol. The Hall–Kier alpha value is -1.84. The van der Waals surface area contributed by atoms with Crippen LogP contribution >= 0.6 is 0 Å². The first-order valence-corrected chi connectivity index (χ1v) is 9.20. The maximum Gasteiger partial charge on any atom is 0.253 e.